The van der Waals surface area contributed by atoms with Crippen molar-refractivity contribution < 1.29 is 8.78 Å². The molecule has 1 heterocycles. The topological polar surface area (TPSA) is 50.7 Å². The maximum Gasteiger partial charge on any atom is 0.217 e. The van der Waals surface area contributed by atoms with E-state index in [1.165, 1.54) is 0 Å². The van der Waals surface area contributed by atoms with Crippen LogP contribution in [0.15, 0.2) is 22.0 Å². The SMILES string of the molecule is NN=C1CC(F)=CC(F)=N1. The Morgan fingerprint density at radius 3 is 2.80 bits per heavy atom. The van der Waals surface area contributed by atoms with Crippen LogP contribution in [0.4, 0.5) is 8.78 Å². The second-order valence-corrected chi connectivity index (χ2v) is 1.75. The maximum atomic E-state index is 12.3. The van der Waals surface area contributed by atoms with Crippen LogP contribution in [0.1, 0.15) is 6.42 Å². The average Bonchev–Trinajstić information content (AvgIpc) is 1.85. The average molecular weight is 145 g/mol. The van der Waals surface area contributed by atoms with Crippen LogP contribution >= 0.6 is 0 Å². The van der Waals surface area contributed by atoms with E-state index in [2.05, 4.69) is 10.1 Å². The number of dihydropyridines is 1. The fraction of sp³-hybridized carbons (Fsp3) is 0.200. The number of amidine groups is 1. The van der Waals surface area contributed by atoms with E-state index >= 15 is 0 Å². The zero-order valence-electron chi connectivity index (χ0n) is 5.01. The minimum atomic E-state index is -0.895. The summed E-state index contributed by atoms with van der Waals surface area (Å²) in [5.41, 5.74) is 0. The van der Waals surface area contributed by atoms with Crippen molar-refractivity contribution in [2.45, 2.75) is 6.42 Å². The molecule has 0 bridgehead atoms. The van der Waals surface area contributed by atoms with Crippen molar-refractivity contribution in [3.05, 3.63) is 11.9 Å². The van der Waals surface area contributed by atoms with Crippen LogP contribution in [0.25, 0.3) is 0 Å². The van der Waals surface area contributed by atoms with Gasteiger partial charge in [0.15, 0.2) is 5.84 Å². The minimum Gasteiger partial charge on any atom is -0.322 e. The largest absolute Gasteiger partial charge is 0.322 e. The molecule has 0 saturated heterocycles. The molecule has 0 unspecified atom stereocenters. The van der Waals surface area contributed by atoms with Crippen molar-refractivity contribution in [2.75, 3.05) is 0 Å². The molecule has 0 aromatic carbocycles. The van der Waals surface area contributed by atoms with Gasteiger partial charge in [-0.2, -0.15) is 9.49 Å². The highest BCUT2D eigenvalue weighted by Gasteiger charge is 2.10. The van der Waals surface area contributed by atoms with E-state index in [1.807, 2.05) is 0 Å². The lowest BCUT2D eigenvalue weighted by Gasteiger charge is -2.01. The molecule has 0 atom stereocenters. The summed E-state index contributed by atoms with van der Waals surface area (Å²) in [4.78, 5) is 3.21. The fourth-order valence-electron chi connectivity index (χ4n) is 0.601. The quantitative estimate of drug-likeness (QED) is 0.399. The first kappa shape index (κ1) is 6.85. The third-order valence-electron chi connectivity index (χ3n) is 0.988. The number of allylic oxidation sites excluding steroid dienone is 1. The zero-order valence-corrected chi connectivity index (χ0v) is 5.01. The molecule has 3 nitrogen and oxygen atoms in total. The van der Waals surface area contributed by atoms with Gasteiger partial charge in [0.25, 0.3) is 0 Å². The van der Waals surface area contributed by atoms with Gasteiger partial charge >= 0.3 is 0 Å². The summed E-state index contributed by atoms with van der Waals surface area (Å²) in [5.74, 6) is 3.21. The van der Waals surface area contributed by atoms with Crippen LogP contribution in [0.2, 0.25) is 0 Å². The molecule has 1 aliphatic heterocycles. The molecule has 54 valence electrons. The van der Waals surface area contributed by atoms with E-state index < -0.39 is 11.8 Å². The molecule has 1 aliphatic rings. The van der Waals surface area contributed by atoms with Gasteiger partial charge in [-0.05, 0) is 0 Å². The van der Waals surface area contributed by atoms with Gasteiger partial charge in [-0.25, -0.2) is 9.38 Å². The van der Waals surface area contributed by atoms with Crippen LogP contribution in [0.3, 0.4) is 0 Å². The predicted molar refractivity (Wildman–Crippen MR) is 34.0 cm³/mol. The van der Waals surface area contributed by atoms with Gasteiger partial charge in [0.2, 0.25) is 5.97 Å². The van der Waals surface area contributed by atoms with Gasteiger partial charge in [-0.1, -0.05) is 0 Å². The number of nitrogens with zero attached hydrogens (tertiary/aromatic N) is 2. The van der Waals surface area contributed by atoms with E-state index in [4.69, 9.17) is 5.84 Å². The van der Waals surface area contributed by atoms with Gasteiger partial charge in [-0.3, -0.25) is 0 Å². The van der Waals surface area contributed by atoms with Crippen LogP contribution in [-0.4, -0.2) is 11.8 Å². The lowest BCUT2D eigenvalue weighted by Crippen LogP contribution is -2.06. The fourth-order valence-corrected chi connectivity index (χ4v) is 0.601. The zero-order chi connectivity index (χ0) is 7.56. The molecule has 0 radical (unpaired) electrons. The molecule has 0 amide bonds. The molecule has 0 aliphatic carbocycles. The number of hydrogen-bond donors (Lipinski definition) is 1. The number of hydrazone groups is 1. The van der Waals surface area contributed by atoms with Crippen molar-refractivity contribution in [3.8, 4) is 0 Å². The normalized spacial score (nSPS) is 22.4. The van der Waals surface area contributed by atoms with E-state index in [1.54, 1.807) is 0 Å². The standard InChI is InChI=1S/C5H5F2N3/c6-3-1-4(7)9-5(2-3)10-8/h1H,2,8H2. The predicted octanol–water partition coefficient (Wildman–Crippen LogP) is 0.884. The summed E-state index contributed by atoms with van der Waals surface area (Å²) in [7, 11) is 0. The second-order valence-electron chi connectivity index (χ2n) is 1.75. The summed E-state index contributed by atoms with van der Waals surface area (Å²) in [6.45, 7) is 0. The first-order valence-electron chi connectivity index (χ1n) is 2.59. The smallest absolute Gasteiger partial charge is 0.217 e. The lowest BCUT2D eigenvalue weighted by atomic mass is 10.3. The first-order chi connectivity index (χ1) is 4.72. The van der Waals surface area contributed by atoms with Gasteiger partial charge in [0.05, 0.1) is 6.42 Å². The Balaban J connectivity index is 2.87. The van der Waals surface area contributed by atoms with Gasteiger partial charge in [0, 0.05) is 6.08 Å². The molecule has 0 aromatic rings. The molecule has 0 aromatic heterocycles. The highest BCUT2D eigenvalue weighted by Crippen LogP contribution is 2.11. The Hall–Kier alpha value is -1.26. The van der Waals surface area contributed by atoms with Crippen molar-refractivity contribution in [1.29, 1.82) is 0 Å². The Morgan fingerprint density at radius 1 is 1.60 bits per heavy atom. The molecule has 0 saturated carbocycles. The molecule has 0 fully saturated rings. The Kier molecular flexibility index (Phi) is 1.75. The van der Waals surface area contributed by atoms with E-state index in [0.29, 0.717) is 6.08 Å². The van der Waals surface area contributed by atoms with Gasteiger partial charge < -0.3 is 5.84 Å². The maximum absolute atomic E-state index is 12.3. The minimum absolute atomic E-state index is 0.0301. The molecule has 1 rings (SSSR count). The van der Waals surface area contributed by atoms with Crippen LogP contribution in [0, 0.1) is 0 Å². The van der Waals surface area contributed by atoms with Gasteiger partial charge in [0.1, 0.15) is 5.83 Å². The third kappa shape index (κ3) is 1.37. The van der Waals surface area contributed by atoms with Crippen molar-refractivity contribution in [3.63, 3.8) is 0 Å². The van der Waals surface area contributed by atoms with Crippen LogP contribution in [-0.2, 0) is 0 Å². The summed E-state index contributed by atoms with van der Waals surface area (Å²) < 4.78 is 24.4. The van der Waals surface area contributed by atoms with Crippen LogP contribution < -0.4 is 5.84 Å². The lowest BCUT2D eigenvalue weighted by molar-refractivity contribution is 0.618. The molecular weight excluding hydrogens is 140 g/mol. The molecule has 5 heteroatoms. The van der Waals surface area contributed by atoms with E-state index in [9.17, 15) is 8.78 Å². The summed E-state index contributed by atoms with van der Waals surface area (Å²) in [6, 6.07) is 0. The number of halogens is 2. The van der Waals surface area contributed by atoms with E-state index in [0.717, 1.165) is 0 Å². The second kappa shape index (κ2) is 2.55. The Bertz CT molecular complexity index is 229. The molecule has 10 heavy (non-hydrogen) atoms. The summed E-state index contributed by atoms with van der Waals surface area (Å²) >= 11 is 0. The third-order valence-corrected chi connectivity index (χ3v) is 0.988. The van der Waals surface area contributed by atoms with Crippen LogP contribution in [0.5, 0.6) is 0 Å². The summed E-state index contributed by atoms with van der Waals surface area (Å²) in [6.07, 6.45) is 0.582. The number of rotatable bonds is 0. The molecular formula is C5H5F2N3. The first-order valence-corrected chi connectivity index (χ1v) is 2.59. The van der Waals surface area contributed by atoms with Crippen molar-refractivity contribution >= 4 is 11.8 Å². The monoisotopic (exact) mass is 145 g/mol. The number of aliphatic imine (C=N–C) groups is 1. The highest BCUT2D eigenvalue weighted by molar-refractivity contribution is 6.02. The van der Waals surface area contributed by atoms with E-state index in [-0.39, 0.29) is 12.3 Å². The Labute approximate surface area is 55.9 Å². The molecule has 0 spiro atoms. The van der Waals surface area contributed by atoms with Crippen molar-refractivity contribution in [1.82, 2.24) is 0 Å². The number of hydrogen-bond acceptors (Lipinski definition) is 2. The highest BCUT2D eigenvalue weighted by atomic mass is 19.1. The molecule has 2 N–H and O–H groups in total. The summed E-state index contributed by atoms with van der Waals surface area (Å²) in [5, 5.41) is 3.06. The van der Waals surface area contributed by atoms with Gasteiger partial charge in [-0.15, -0.1) is 0 Å². The number of nitrogens with two attached hydrogens (primary N) is 1. The van der Waals surface area contributed by atoms with Crippen molar-refractivity contribution in [2.24, 2.45) is 15.9 Å². The Morgan fingerprint density at radius 2 is 2.30 bits per heavy atom.